The second-order valence-corrected chi connectivity index (χ2v) is 8.94. The second-order valence-electron chi connectivity index (χ2n) is 7.97. The smallest absolute Gasteiger partial charge is 0.261 e. The van der Waals surface area contributed by atoms with E-state index in [1.807, 2.05) is 0 Å². The van der Waals surface area contributed by atoms with Gasteiger partial charge >= 0.3 is 0 Å². The van der Waals surface area contributed by atoms with E-state index in [-0.39, 0.29) is 15.8 Å². The summed E-state index contributed by atoms with van der Waals surface area (Å²) in [5.74, 6) is -1.78. The van der Waals surface area contributed by atoms with Gasteiger partial charge in [0, 0.05) is 11.3 Å². The largest absolute Gasteiger partial charge is 0.478 e. The molecule has 0 aliphatic carbocycles. The van der Waals surface area contributed by atoms with Crippen molar-refractivity contribution in [1.82, 2.24) is 4.98 Å². The number of nitrogen functional groups attached to an aromatic ring is 1. The van der Waals surface area contributed by atoms with E-state index in [2.05, 4.69) is 4.98 Å². The number of nitrogens with two attached hydrogens (primary N) is 3. The fourth-order valence-corrected chi connectivity index (χ4v) is 4.01. The van der Waals surface area contributed by atoms with Gasteiger partial charge in [-0.15, -0.1) is 0 Å². The molecule has 0 aliphatic rings. The third kappa shape index (κ3) is 5.15. The fraction of sp³-hybridized carbons (Fsp3) is 0.217. The van der Waals surface area contributed by atoms with Crippen LogP contribution in [0.5, 0.6) is 5.75 Å². The van der Waals surface area contributed by atoms with Crippen molar-refractivity contribution < 1.29 is 23.5 Å². The number of rotatable bonds is 9. The van der Waals surface area contributed by atoms with Gasteiger partial charge in [-0.3, -0.25) is 14.4 Å². The highest BCUT2D eigenvalue weighted by Crippen LogP contribution is 2.36. The number of primary amides is 2. The molecule has 0 unspecified atom stereocenters. The topological polar surface area (TPSA) is 155 Å². The van der Waals surface area contributed by atoms with Crippen LogP contribution in [-0.2, 0) is 9.59 Å². The van der Waals surface area contributed by atoms with Crippen molar-refractivity contribution in [2.45, 2.75) is 32.4 Å². The molecule has 34 heavy (non-hydrogen) atoms. The Hall–Kier alpha value is -3.99. The number of amides is 2. The van der Waals surface area contributed by atoms with E-state index in [0.717, 1.165) is 11.3 Å². The van der Waals surface area contributed by atoms with Gasteiger partial charge in [-0.05, 0) is 69.3 Å². The number of hydrogen-bond donors (Lipinski definition) is 3. The van der Waals surface area contributed by atoms with Crippen molar-refractivity contribution in [3.05, 3.63) is 64.8 Å². The highest BCUT2D eigenvalue weighted by molar-refractivity contribution is 7.18. The van der Waals surface area contributed by atoms with Crippen LogP contribution in [-0.4, -0.2) is 34.2 Å². The average Bonchev–Trinajstić information content (AvgIpc) is 3.15. The number of halogens is 1. The normalized spacial score (nSPS) is 12.1. The summed E-state index contributed by atoms with van der Waals surface area (Å²) in [7, 11) is 0. The maximum absolute atomic E-state index is 13.4. The summed E-state index contributed by atoms with van der Waals surface area (Å²) in [6.45, 7) is 4.64. The van der Waals surface area contributed by atoms with Crippen LogP contribution in [0.25, 0.3) is 0 Å². The molecular weight excluding hydrogens is 461 g/mol. The second kappa shape index (κ2) is 9.48. The molecule has 11 heteroatoms. The molecule has 0 aliphatic heterocycles. The van der Waals surface area contributed by atoms with Crippen LogP contribution < -0.4 is 26.8 Å². The highest BCUT2D eigenvalue weighted by Gasteiger charge is 2.29. The summed E-state index contributed by atoms with van der Waals surface area (Å²) in [5.41, 5.74) is 16.4. The van der Waals surface area contributed by atoms with Crippen LogP contribution in [0.4, 0.5) is 21.0 Å². The van der Waals surface area contributed by atoms with Crippen LogP contribution in [0, 0.1) is 5.82 Å². The Morgan fingerprint density at radius 1 is 1.06 bits per heavy atom. The van der Waals surface area contributed by atoms with Gasteiger partial charge in [0.15, 0.2) is 10.7 Å². The lowest BCUT2D eigenvalue weighted by Crippen LogP contribution is -2.43. The first-order chi connectivity index (χ1) is 15.9. The highest BCUT2D eigenvalue weighted by atomic mass is 32.1. The van der Waals surface area contributed by atoms with Crippen LogP contribution in [0.3, 0.4) is 0 Å². The molecule has 1 heterocycles. The van der Waals surface area contributed by atoms with Gasteiger partial charge in [0.25, 0.3) is 5.91 Å². The number of benzene rings is 2. The van der Waals surface area contributed by atoms with Crippen molar-refractivity contribution >= 4 is 45.6 Å². The molecule has 6 N–H and O–H groups in total. The number of ketones is 1. The molecule has 0 saturated carbocycles. The van der Waals surface area contributed by atoms with E-state index < -0.39 is 35.1 Å². The van der Waals surface area contributed by atoms with E-state index in [9.17, 15) is 18.8 Å². The minimum absolute atomic E-state index is 0.0241. The first kappa shape index (κ1) is 24.6. The van der Waals surface area contributed by atoms with Gasteiger partial charge < -0.3 is 26.8 Å². The lowest BCUT2D eigenvalue weighted by molar-refractivity contribution is -0.130. The average molecular weight is 486 g/mol. The summed E-state index contributed by atoms with van der Waals surface area (Å²) in [6, 6.07) is 10.7. The van der Waals surface area contributed by atoms with E-state index >= 15 is 0 Å². The molecule has 0 spiro atoms. The predicted octanol–water partition coefficient (Wildman–Crippen LogP) is 2.75. The number of hydrogen-bond acceptors (Lipinski definition) is 8. The molecule has 1 aromatic heterocycles. The number of anilines is 3. The van der Waals surface area contributed by atoms with Crippen molar-refractivity contribution in [3.63, 3.8) is 0 Å². The summed E-state index contributed by atoms with van der Waals surface area (Å²) >= 11 is 0.980. The standard InChI is InChI=1S/C23H24FN5O4S/c1-12(20(26)31)29(15-8-6-14(24)7-9-15)22-28-19(25)18(34-22)17(30)13-4-10-16(11-5-13)33-23(2,3)21(27)32/h4-12H,25H2,1-3H3,(H2,26,31)(H2,27,32)/t12-/m1/s1. The minimum Gasteiger partial charge on any atom is -0.478 e. The molecule has 0 bridgehead atoms. The number of aromatic nitrogens is 1. The fourth-order valence-electron chi connectivity index (χ4n) is 2.96. The Labute approximate surface area is 199 Å². The van der Waals surface area contributed by atoms with Crippen LogP contribution in [0.2, 0.25) is 0 Å². The van der Waals surface area contributed by atoms with Gasteiger partial charge in [-0.25, -0.2) is 9.37 Å². The Bertz CT molecular complexity index is 1230. The van der Waals surface area contributed by atoms with Crippen molar-refractivity contribution in [2.75, 3.05) is 10.6 Å². The van der Waals surface area contributed by atoms with Crippen LogP contribution in [0.15, 0.2) is 48.5 Å². The van der Waals surface area contributed by atoms with E-state index in [1.165, 1.54) is 67.3 Å². The third-order valence-electron chi connectivity index (χ3n) is 5.04. The lowest BCUT2D eigenvalue weighted by atomic mass is 10.1. The van der Waals surface area contributed by atoms with Crippen LogP contribution >= 0.6 is 11.3 Å². The van der Waals surface area contributed by atoms with E-state index in [1.54, 1.807) is 6.92 Å². The first-order valence-corrected chi connectivity index (χ1v) is 11.0. The Morgan fingerprint density at radius 3 is 2.18 bits per heavy atom. The Kier molecular flexibility index (Phi) is 6.87. The van der Waals surface area contributed by atoms with E-state index in [4.69, 9.17) is 21.9 Å². The monoisotopic (exact) mass is 485 g/mol. The number of carbonyl (C=O) groups is 3. The maximum Gasteiger partial charge on any atom is 0.261 e. The van der Waals surface area contributed by atoms with Gasteiger partial charge in [0.2, 0.25) is 11.7 Å². The van der Waals surface area contributed by atoms with Gasteiger partial charge in [-0.2, -0.15) is 0 Å². The summed E-state index contributed by atoms with van der Waals surface area (Å²) in [6.07, 6.45) is 0. The summed E-state index contributed by atoms with van der Waals surface area (Å²) in [4.78, 5) is 42.4. The quantitative estimate of drug-likeness (QED) is 0.394. The molecule has 0 radical (unpaired) electrons. The zero-order chi connectivity index (χ0) is 25.2. The van der Waals surface area contributed by atoms with Gasteiger partial charge in [0.1, 0.15) is 28.3 Å². The molecule has 0 saturated heterocycles. The maximum atomic E-state index is 13.4. The van der Waals surface area contributed by atoms with Crippen molar-refractivity contribution in [3.8, 4) is 5.75 Å². The summed E-state index contributed by atoms with van der Waals surface area (Å²) < 4.78 is 19.0. The number of nitrogens with zero attached hydrogens (tertiary/aromatic N) is 2. The zero-order valence-corrected chi connectivity index (χ0v) is 19.6. The molecule has 0 fully saturated rings. The lowest BCUT2D eigenvalue weighted by Gasteiger charge is -2.26. The number of carbonyl (C=O) groups excluding carboxylic acids is 3. The minimum atomic E-state index is -1.22. The number of thiazole rings is 1. The molecular formula is C23H24FN5O4S. The molecule has 2 aromatic carbocycles. The Balaban J connectivity index is 1.92. The van der Waals surface area contributed by atoms with Crippen molar-refractivity contribution in [1.29, 1.82) is 0 Å². The first-order valence-electron chi connectivity index (χ1n) is 10.1. The molecule has 1 atom stereocenters. The predicted molar refractivity (Wildman–Crippen MR) is 127 cm³/mol. The zero-order valence-electron chi connectivity index (χ0n) is 18.7. The van der Waals surface area contributed by atoms with Gasteiger partial charge in [0.05, 0.1) is 0 Å². The van der Waals surface area contributed by atoms with Crippen molar-refractivity contribution in [2.24, 2.45) is 11.5 Å². The Morgan fingerprint density at radius 2 is 1.65 bits per heavy atom. The summed E-state index contributed by atoms with van der Waals surface area (Å²) in [5, 5.41) is 0.252. The molecule has 3 rings (SSSR count). The van der Waals surface area contributed by atoms with Crippen LogP contribution in [0.1, 0.15) is 36.0 Å². The molecule has 9 nitrogen and oxygen atoms in total. The third-order valence-corrected chi connectivity index (χ3v) is 6.11. The molecule has 3 aromatic rings. The molecule has 178 valence electrons. The van der Waals surface area contributed by atoms with Gasteiger partial charge in [-0.1, -0.05) is 11.3 Å². The van der Waals surface area contributed by atoms with E-state index in [0.29, 0.717) is 17.0 Å². The molecule has 2 amide bonds. The SMILES string of the molecule is C[C@H](C(N)=O)N(c1ccc(F)cc1)c1nc(N)c(C(=O)c2ccc(OC(C)(C)C(N)=O)cc2)s1. The number of ether oxygens (including phenoxy) is 1.